The van der Waals surface area contributed by atoms with E-state index in [9.17, 15) is 0 Å². The van der Waals surface area contributed by atoms with Gasteiger partial charge in [0.25, 0.3) is 0 Å². The third-order valence-corrected chi connectivity index (χ3v) is 2.60. The maximum atomic E-state index is 8.84. The molecule has 0 rings (SSSR count). The average molecular weight is 217 g/mol. The molecular weight excluding hydrogens is 190 g/mol. The van der Waals surface area contributed by atoms with Crippen molar-refractivity contribution in [2.45, 2.75) is 64.0 Å². The molecule has 1 atom stereocenters. The Kier molecular flexibility index (Phi) is 11.9. The number of hydrogen-bond acceptors (Lipinski definition) is 3. The molecule has 3 N–H and O–H groups in total. The highest BCUT2D eigenvalue weighted by atomic mass is 16.5. The zero-order chi connectivity index (χ0) is 11.4. The van der Waals surface area contributed by atoms with Crippen molar-refractivity contribution in [2.75, 3.05) is 13.7 Å². The SMILES string of the molecule is COCCCCCCCCCCC(N)O. The van der Waals surface area contributed by atoms with Gasteiger partial charge in [-0.05, 0) is 19.3 Å². The molecule has 0 bridgehead atoms. The number of unbranched alkanes of at least 4 members (excludes halogenated alkanes) is 7. The van der Waals surface area contributed by atoms with E-state index in [1.807, 2.05) is 0 Å². The van der Waals surface area contributed by atoms with Crippen LogP contribution in [0.25, 0.3) is 0 Å². The van der Waals surface area contributed by atoms with Gasteiger partial charge >= 0.3 is 0 Å². The molecule has 0 spiro atoms. The van der Waals surface area contributed by atoms with Crippen molar-refractivity contribution in [1.82, 2.24) is 0 Å². The van der Waals surface area contributed by atoms with Crippen LogP contribution in [0.3, 0.4) is 0 Å². The zero-order valence-corrected chi connectivity index (χ0v) is 10.1. The lowest BCUT2D eigenvalue weighted by atomic mass is 10.1. The minimum Gasteiger partial charge on any atom is -0.385 e. The number of hydrogen-bond donors (Lipinski definition) is 2. The summed E-state index contributed by atoms with van der Waals surface area (Å²) < 4.78 is 4.99. The molecule has 0 aromatic carbocycles. The van der Waals surface area contributed by atoms with Crippen LogP contribution in [0, 0.1) is 0 Å². The van der Waals surface area contributed by atoms with Crippen LogP contribution in [0.1, 0.15) is 57.8 Å². The Balaban J connectivity index is 2.87. The first-order valence-electron chi connectivity index (χ1n) is 6.20. The normalized spacial score (nSPS) is 13.0. The summed E-state index contributed by atoms with van der Waals surface area (Å²) in [5.41, 5.74) is 5.25. The summed E-state index contributed by atoms with van der Waals surface area (Å²) in [4.78, 5) is 0. The lowest BCUT2D eigenvalue weighted by Gasteiger charge is -2.04. The molecule has 0 aromatic rings. The van der Waals surface area contributed by atoms with E-state index < -0.39 is 6.23 Å². The second-order valence-corrected chi connectivity index (χ2v) is 4.18. The van der Waals surface area contributed by atoms with Crippen LogP contribution in [0.4, 0.5) is 0 Å². The fraction of sp³-hybridized carbons (Fsp3) is 1.00. The zero-order valence-electron chi connectivity index (χ0n) is 10.1. The monoisotopic (exact) mass is 217 g/mol. The fourth-order valence-electron chi connectivity index (χ4n) is 1.66. The molecule has 0 fully saturated rings. The minimum absolute atomic E-state index is 0.612. The number of aliphatic hydroxyl groups is 1. The van der Waals surface area contributed by atoms with E-state index in [-0.39, 0.29) is 0 Å². The molecule has 1 unspecified atom stereocenters. The number of ether oxygens (including phenoxy) is 1. The molecule has 15 heavy (non-hydrogen) atoms. The van der Waals surface area contributed by atoms with Crippen LogP contribution < -0.4 is 5.73 Å². The summed E-state index contributed by atoms with van der Waals surface area (Å²) in [6, 6.07) is 0. The second kappa shape index (κ2) is 12.0. The molecule has 3 heteroatoms. The van der Waals surface area contributed by atoms with E-state index in [1.165, 1.54) is 44.9 Å². The molecule has 3 nitrogen and oxygen atoms in total. The van der Waals surface area contributed by atoms with Crippen LogP contribution in [0.2, 0.25) is 0 Å². The molecular formula is C12H27NO2. The highest BCUT2D eigenvalue weighted by Gasteiger charge is 1.95. The summed E-state index contributed by atoms with van der Waals surface area (Å²) in [5, 5.41) is 8.84. The van der Waals surface area contributed by atoms with E-state index in [1.54, 1.807) is 7.11 Å². The van der Waals surface area contributed by atoms with Crippen molar-refractivity contribution in [3.63, 3.8) is 0 Å². The second-order valence-electron chi connectivity index (χ2n) is 4.18. The fourth-order valence-corrected chi connectivity index (χ4v) is 1.66. The van der Waals surface area contributed by atoms with Gasteiger partial charge < -0.3 is 15.6 Å². The van der Waals surface area contributed by atoms with Gasteiger partial charge in [-0.3, -0.25) is 0 Å². The van der Waals surface area contributed by atoms with Gasteiger partial charge in [0.1, 0.15) is 6.23 Å². The lowest BCUT2D eigenvalue weighted by molar-refractivity contribution is 0.168. The number of rotatable bonds is 11. The Morgan fingerprint density at radius 1 is 0.933 bits per heavy atom. The summed E-state index contributed by atoms with van der Waals surface area (Å²) in [6.07, 6.45) is 10.1. The van der Waals surface area contributed by atoms with E-state index in [4.69, 9.17) is 15.6 Å². The van der Waals surface area contributed by atoms with Crippen molar-refractivity contribution < 1.29 is 9.84 Å². The lowest BCUT2D eigenvalue weighted by Crippen LogP contribution is -2.17. The predicted molar refractivity (Wildman–Crippen MR) is 63.6 cm³/mol. The van der Waals surface area contributed by atoms with Crippen LogP contribution >= 0.6 is 0 Å². The Morgan fingerprint density at radius 3 is 1.87 bits per heavy atom. The van der Waals surface area contributed by atoms with Crippen molar-refractivity contribution in [1.29, 1.82) is 0 Å². The summed E-state index contributed by atoms with van der Waals surface area (Å²) in [7, 11) is 1.76. The Labute approximate surface area is 94.0 Å². The van der Waals surface area contributed by atoms with E-state index in [2.05, 4.69) is 0 Å². The molecule has 0 aliphatic carbocycles. The van der Waals surface area contributed by atoms with Crippen molar-refractivity contribution >= 4 is 0 Å². The standard InChI is InChI=1S/C12H27NO2/c1-15-11-9-7-5-3-2-4-6-8-10-12(13)14/h12,14H,2-11,13H2,1H3. The largest absolute Gasteiger partial charge is 0.385 e. The first-order valence-corrected chi connectivity index (χ1v) is 6.20. The maximum absolute atomic E-state index is 8.84. The quantitative estimate of drug-likeness (QED) is 0.413. The van der Waals surface area contributed by atoms with Crippen LogP contribution in [-0.4, -0.2) is 25.1 Å². The third-order valence-electron chi connectivity index (χ3n) is 2.60. The highest BCUT2D eigenvalue weighted by molar-refractivity contribution is 4.49. The van der Waals surface area contributed by atoms with Crippen molar-refractivity contribution in [3.8, 4) is 0 Å². The minimum atomic E-state index is -0.612. The van der Waals surface area contributed by atoms with Gasteiger partial charge in [0.2, 0.25) is 0 Å². The van der Waals surface area contributed by atoms with Crippen LogP contribution in [-0.2, 0) is 4.74 Å². The molecule has 0 amide bonds. The first-order chi connectivity index (χ1) is 7.27. The maximum Gasteiger partial charge on any atom is 0.102 e. The van der Waals surface area contributed by atoms with Gasteiger partial charge in [-0.25, -0.2) is 0 Å². The van der Waals surface area contributed by atoms with Crippen molar-refractivity contribution in [2.24, 2.45) is 5.73 Å². The first kappa shape index (κ1) is 14.9. The Morgan fingerprint density at radius 2 is 1.40 bits per heavy atom. The summed E-state index contributed by atoms with van der Waals surface area (Å²) in [5.74, 6) is 0. The van der Waals surface area contributed by atoms with Crippen LogP contribution in [0.15, 0.2) is 0 Å². The van der Waals surface area contributed by atoms with Gasteiger partial charge in [0, 0.05) is 13.7 Å². The third kappa shape index (κ3) is 13.9. The van der Waals surface area contributed by atoms with E-state index in [0.717, 1.165) is 19.4 Å². The van der Waals surface area contributed by atoms with E-state index >= 15 is 0 Å². The Hall–Kier alpha value is -0.120. The topological polar surface area (TPSA) is 55.5 Å². The van der Waals surface area contributed by atoms with Gasteiger partial charge in [-0.15, -0.1) is 0 Å². The van der Waals surface area contributed by atoms with Crippen molar-refractivity contribution in [3.05, 3.63) is 0 Å². The Bertz CT molecular complexity index is 118. The molecule has 92 valence electrons. The number of aliphatic hydroxyl groups excluding tert-OH is 1. The summed E-state index contributed by atoms with van der Waals surface area (Å²) in [6.45, 7) is 0.897. The van der Waals surface area contributed by atoms with Crippen LogP contribution in [0.5, 0.6) is 0 Å². The molecule has 0 aromatic heterocycles. The molecule has 0 radical (unpaired) electrons. The molecule has 0 saturated heterocycles. The molecule has 0 heterocycles. The number of methoxy groups -OCH3 is 1. The van der Waals surface area contributed by atoms with Gasteiger partial charge in [0.05, 0.1) is 0 Å². The van der Waals surface area contributed by atoms with Gasteiger partial charge in [-0.1, -0.05) is 38.5 Å². The number of nitrogens with two attached hydrogens (primary N) is 1. The smallest absolute Gasteiger partial charge is 0.102 e. The summed E-state index contributed by atoms with van der Waals surface area (Å²) >= 11 is 0. The van der Waals surface area contributed by atoms with Gasteiger partial charge in [-0.2, -0.15) is 0 Å². The predicted octanol–water partition coefficient (Wildman–Crippen LogP) is 2.42. The van der Waals surface area contributed by atoms with E-state index in [0.29, 0.717) is 0 Å². The van der Waals surface area contributed by atoms with Gasteiger partial charge in [0.15, 0.2) is 0 Å². The molecule has 0 saturated carbocycles. The average Bonchev–Trinajstić information content (AvgIpc) is 2.20. The molecule has 0 aliphatic heterocycles. The molecule has 0 aliphatic rings. The highest BCUT2D eigenvalue weighted by Crippen LogP contribution is 2.09.